The largest absolute Gasteiger partial charge is 0.485 e. The number of hydrogen-bond acceptors (Lipinski definition) is 6. The molecule has 2 aromatic rings. The number of pyridine rings is 1. The van der Waals surface area contributed by atoms with Gasteiger partial charge in [-0.15, -0.1) is 0 Å². The molecule has 1 amide bonds. The first kappa shape index (κ1) is 15.2. The number of ether oxygens (including phenoxy) is 1. The van der Waals surface area contributed by atoms with Crippen LogP contribution in [0.2, 0.25) is 0 Å². The first-order chi connectivity index (χ1) is 11.1. The number of rotatable bonds is 4. The molecule has 120 valence electrons. The quantitative estimate of drug-likeness (QED) is 0.845. The van der Waals surface area contributed by atoms with Gasteiger partial charge in [-0.3, -0.25) is 4.79 Å². The SMILES string of the molecule is CN(C)c1ncccc1OC1CCN(C(=O)c2ccnnc2)C1. The van der Waals surface area contributed by atoms with Crippen molar-refractivity contribution in [1.29, 1.82) is 0 Å². The summed E-state index contributed by atoms with van der Waals surface area (Å²) in [4.78, 5) is 20.4. The molecule has 1 saturated heterocycles. The lowest BCUT2D eigenvalue weighted by Crippen LogP contribution is -2.31. The van der Waals surface area contributed by atoms with Crippen LogP contribution in [-0.2, 0) is 0 Å². The fraction of sp³-hybridized carbons (Fsp3) is 0.375. The Morgan fingerprint density at radius 3 is 2.91 bits per heavy atom. The Labute approximate surface area is 134 Å². The van der Waals surface area contributed by atoms with Crippen molar-refractivity contribution in [3.8, 4) is 5.75 Å². The molecule has 1 aliphatic rings. The van der Waals surface area contributed by atoms with E-state index in [1.165, 1.54) is 12.4 Å². The maximum atomic E-state index is 12.4. The van der Waals surface area contributed by atoms with Gasteiger partial charge in [0, 0.05) is 33.3 Å². The van der Waals surface area contributed by atoms with Gasteiger partial charge in [0.2, 0.25) is 0 Å². The minimum absolute atomic E-state index is 0.0309. The third-order valence-corrected chi connectivity index (χ3v) is 3.73. The minimum atomic E-state index is -0.0370. The molecule has 1 aliphatic heterocycles. The third-order valence-electron chi connectivity index (χ3n) is 3.73. The molecule has 0 radical (unpaired) electrons. The van der Waals surface area contributed by atoms with Gasteiger partial charge in [-0.25, -0.2) is 4.98 Å². The van der Waals surface area contributed by atoms with Crippen LogP contribution in [0.1, 0.15) is 16.8 Å². The molecule has 0 saturated carbocycles. The van der Waals surface area contributed by atoms with Gasteiger partial charge in [-0.05, 0) is 18.2 Å². The number of anilines is 1. The Balaban J connectivity index is 1.66. The Kier molecular flexibility index (Phi) is 4.36. The topological polar surface area (TPSA) is 71.5 Å². The fourth-order valence-corrected chi connectivity index (χ4v) is 2.60. The predicted molar refractivity (Wildman–Crippen MR) is 85.5 cm³/mol. The molecule has 0 aliphatic carbocycles. The molecule has 7 nitrogen and oxygen atoms in total. The van der Waals surface area contributed by atoms with Crippen LogP contribution in [0.15, 0.2) is 36.8 Å². The number of carbonyl (C=O) groups excluding carboxylic acids is 1. The van der Waals surface area contributed by atoms with E-state index in [0.717, 1.165) is 18.0 Å². The molecule has 0 aromatic carbocycles. The van der Waals surface area contributed by atoms with Gasteiger partial charge < -0.3 is 14.5 Å². The zero-order valence-electron chi connectivity index (χ0n) is 13.2. The van der Waals surface area contributed by atoms with Crippen molar-refractivity contribution in [3.05, 3.63) is 42.4 Å². The first-order valence-electron chi connectivity index (χ1n) is 7.50. The van der Waals surface area contributed by atoms with Gasteiger partial charge in [-0.1, -0.05) is 0 Å². The van der Waals surface area contributed by atoms with E-state index in [-0.39, 0.29) is 12.0 Å². The minimum Gasteiger partial charge on any atom is -0.485 e. The second-order valence-electron chi connectivity index (χ2n) is 5.63. The van der Waals surface area contributed by atoms with Gasteiger partial charge in [0.15, 0.2) is 11.6 Å². The number of nitrogens with zero attached hydrogens (tertiary/aromatic N) is 5. The number of aromatic nitrogens is 3. The number of amides is 1. The van der Waals surface area contributed by atoms with Crippen molar-refractivity contribution in [2.45, 2.75) is 12.5 Å². The normalized spacial score (nSPS) is 17.1. The predicted octanol–water partition coefficient (Wildman–Crippen LogP) is 1.23. The molecule has 1 unspecified atom stereocenters. The summed E-state index contributed by atoms with van der Waals surface area (Å²) in [6, 6.07) is 5.43. The van der Waals surface area contributed by atoms with E-state index < -0.39 is 0 Å². The molecular weight excluding hydrogens is 294 g/mol. The highest BCUT2D eigenvalue weighted by molar-refractivity contribution is 5.94. The molecule has 1 atom stereocenters. The number of likely N-dealkylation sites (tertiary alicyclic amines) is 1. The summed E-state index contributed by atoms with van der Waals surface area (Å²) < 4.78 is 6.06. The molecular formula is C16H19N5O2. The summed E-state index contributed by atoms with van der Waals surface area (Å²) in [6.45, 7) is 1.23. The van der Waals surface area contributed by atoms with Crippen LogP contribution in [0.3, 0.4) is 0 Å². The van der Waals surface area contributed by atoms with E-state index in [9.17, 15) is 4.79 Å². The molecule has 7 heteroatoms. The van der Waals surface area contributed by atoms with Crippen molar-refractivity contribution in [2.24, 2.45) is 0 Å². The van der Waals surface area contributed by atoms with Gasteiger partial charge in [0.25, 0.3) is 5.91 Å². The summed E-state index contributed by atoms with van der Waals surface area (Å²) >= 11 is 0. The highest BCUT2D eigenvalue weighted by Gasteiger charge is 2.29. The standard InChI is InChI=1S/C16H19N5O2/c1-20(2)15-14(4-3-7-17-15)23-13-6-9-21(11-13)16(22)12-5-8-18-19-10-12/h3-5,7-8,10,13H,6,9,11H2,1-2H3. The maximum Gasteiger partial charge on any atom is 0.255 e. The number of hydrogen-bond donors (Lipinski definition) is 0. The first-order valence-corrected chi connectivity index (χ1v) is 7.50. The Bertz CT molecular complexity index is 677. The smallest absolute Gasteiger partial charge is 0.255 e. The molecule has 0 N–H and O–H groups in total. The second kappa shape index (κ2) is 6.60. The van der Waals surface area contributed by atoms with Crippen LogP contribution in [0.25, 0.3) is 0 Å². The van der Waals surface area contributed by atoms with Crippen molar-refractivity contribution in [1.82, 2.24) is 20.1 Å². The van der Waals surface area contributed by atoms with E-state index >= 15 is 0 Å². The fourth-order valence-electron chi connectivity index (χ4n) is 2.60. The average molecular weight is 313 g/mol. The molecule has 1 fully saturated rings. The molecule has 3 heterocycles. The highest BCUT2D eigenvalue weighted by atomic mass is 16.5. The van der Waals surface area contributed by atoms with Gasteiger partial charge in [-0.2, -0.15) is 10.2 Å². The van der Waals surface area contributed by atoms with E-state index in [2.05, 4.69) is 15.2 Å². The van der Waals surface area contributed by atoms with Crippen molar-refractivity contribution in [3.63, 3.8) is 0 Å². The van der Waals surface area contributed by atoms with Crippen LogP contribution in [0.4, 0.5) is 5.82 Å². The average Bonchev–Trinajstić information content (AvgIpc) is 3.04. The van der Waals surface area contributed by atoms with E-state index in [1.54, 1.807) is 17.2 Å². The van der Waals surface area contributed by atoms with Crippen molar-refractivity contribution in [2.75, 3.05) is 32.1 Å². The van der Waals surface area contributed by atoms with Gasteiger partial charge >= 0.3 is 0 Å². The summed E-state index contributed by atoms with van der Waals surface area (Å²) in [7, 11) is 3.85. The zero-order valence-corrected chi connectivity index (χ0v) is 13.2. The third kappa shape index (κ3) is 3.39. The van der Waals surface area contributed by atoms with Crippen LogP contribution in [0.5, 0.6) is 5.75 Å². The Morgan fingerprint density at radius 1 is 1.30 bits per heavy atom. The monoisotopic (exact) mass is 313 g/mol. The summed E-state index contributed by atoms with van der Waals surface area (Å²) in [5.74, 6) is 1.49. The molecule has 3 rings (SSSR count). The van der Waals surface area contributed by atoms with E-state index in [1.807, 2.05) is 31.1 Å². The summed E-state index contributed by atoms with van der Waals surface area (Å²) in [5, 5.41) is 7.45. The maximum absolute atomic E-state index is 12.4. The lowest BCUT2D eigenvalue weighted by atomic mass is 10.3. The second-order valence-corrected chi connectivity index (χ2v) is 5.63. The highest BCUT2D eigenvalue weighted by Crippen LogP contribution is 2.27. The Morgan fingerprint density at radius 2 is 2.17 bits per heavy atom. The van der Waals surface area contributed by atoms with Crippen LogP contribution >= 0.6 is 0 Å². The lowest BCUT2D eigenvalue weighted by Gasteiger charge is -2.20. The van der Waals surface area contributed by atoms with Crippen molar-refractivity contribution >= 4 is 11.7 Å². The van der Waals surface area contributed by atoms with Crippen LogP contribution in [0, 0.1) is 0 Å². The van der Waals surface area contributed by atoms with Crippen LogP contribution in [-0.4, -0.2) is 59.3 Å². The van der Waals surface area contributed by atoms with Gasteiger partial charge in [0.05, 0.1) is 24.5 Å². The van der Waals surface area contributed by atoms with Crippen molar-refractivity contribution < 1.29 is 9.53 Å². The zero-order chi connectivity index (χ0) is 16.2. The van der Waals surface area contributed by atoms with E-state index in [0.29, 0.717) is 18.7 Å². The molecule has 23 heavy (non-hydrogen) atoms. The molecule has 0 bridgehead atoms. The van der Waals surface area contributed by atoms with Gasteiger partial charge in [0.1, 0.15) is 6.10 Å². The molecule has 0 spiro atoms. The Hall–Kier alpha value is -2.70. The lowest BCUT2D eigenvalue weighted by molar-refractivity contribution is 0.0772. The molecule has 2 aromatic heterocycles. The van der Waals surface area contributed by atoms with Crippen LogP contribution < -0.4 is 9.64 Å². The van der Waals surface area contributed by atoms with E-state index in [4.69, 9.17) is 4.74 Å². The summed E-state index contributed by atoms with van der Waals surface area (Å²) in [5.41, 5.74) is 0.552. The summed E-state index contributed by atoms with van der Waals surface area (Å²) in [6.07, 6.45) is 5.52. The number of carbonyl (C=O) groups is 1.